The van der Waals surface area contributed by atoms with Gasteiger partial charge in [0.15, 0.2) is 0 Å². The number of aryl methyl sites for hydroxylation is 1. The number of aromatic amines is 1. The van der Waals surface area contributed by atoms with E-state index in [1.54, 1.807) is 7.11 Å². The molecule has 0 bridgehead atoms. The van der Waals surface area contributed by atoms with Crippen LogP contribution in [-0.2, 0) is 6.42 Å². The zero-order valence-corrected chi connectivity index (χ0v) is 12.7. The lowest BCUT2D eigenvalue weighted by Gasteiger charge is -2.08. The number of ether oxygens (including phenoxy) is 1. The van der Waals surface area contributed by atoms with Crippen LogP contribution in [0.15, 0.2) is 27.5 Å². The van der Waals surface area contributed by atoms with Crippen LogP contribution in [0.3, 0.4) is 0 Å². The van der Waals surface area contributed by atoms with Crippen molar-refractivity contribution in [2.24, 2.45) is 0 Å². The second-order valence-corrected chi connectivity index (χ2v) is 5.04. The molecule has 0 saturated carbocycles. The Labute approximate surface area is 120 Å². The number of halogens is 1. The van der Waals surface area contributed by atoms with E-state index in [9.17, 15) is 4.79 Å². The van der Waals surface area contributed by atoms with E-state index >= 15 is 0 Å². The molecule has 19 heavy (non-hydrogen) atoms. The number of nitrogens with zero attached hydrogens (tertiary/aromatic N) is 1. The Morgan fingerprint density at radius 3 is 2.68 bits per heavy atom. The Bertz CT molecular complexity index is 665. The van der Waals surface area contributed by atoms with Crippen LogP contribution in [0.25, 0.3) is 11.4 Å². The third-order valence-electron chi connectivity index (χ3n) is 3.00. The summed E-state index contributed by atoms with van der Waals surface area (Å²) < 4.78 is 6.01. The van der Waals surface area contributed by atoms with E-state index in [4.69, 9.17) is 4.74 Å². The summed E-state index contributed by atoms with van der Waals surface area (Å²) in [7, 11) is 1.61. The van der Waals surface area contributed by atoms with Crippen LogP contribution in [0.4, 0.5) is 0 Å². The fraction of sp³-hybridized carbons (Fsp3) is 0.286. The minimum absolute atomic E-state index is 0.0723. The lowest BCUT2D eigenvalue weighted by atomic mass is 10.1. The first-order valence-corrected chi connectivity index (χ1v) is 6.79. The maximum Gasteiger partial charge on any atom is 0.254 e. The molecule has 0 unspecified atom stereocenters. The molecule has 0 aliphatic heterocycles. The van der Waals surface area contributed by atoms with Crippen LogP contribution in [0.2, 0.25) is 0 Å². The molecule has 0 radical (unpaired) electrons. The van der Waals surface area contributed by atoms with Crippen LogP contribution in [-0.4, -0.2) is 17.1 Å². The Kier molecular flexibility index (Phi) is 4.04. The number of rotatable bonds is 3. The molecule has 1 heterocycles. The predicted octanol–water partition coefficient (Wildman–Crippen LogP) is 3.08. The second-order valence-electron chi connectivity index (χ2n) is 4.18. The van der Waals surface area contributed by atoms with Crippen molar-refractivity contribution in [1.29, 1.82) is 0 Å². The zero-order chi connectivity index (χ0) is 14.0. The van der Waals surface area contributed by atoms with Gasteiger partial charge in [-0.15, -0.1) is 0 Å². The summed E-state index contributed by atoms with van der Waals surface area (Å²) in [6.45, 7) is 3.80. The summed E-state index contributed by atoms with van der Waals surface area (Å²) in [6, 6.07) is 5.58. The molecule has 1 aromatic carbocycles. The van der Waals surface area contributed by atoms with Gasteiger partial charge in [-0.3, -0.25) is 4.79 Å². The van der Waals surface area contributed by atoms with Crippen LogP contribution >= 0.6 is 15.9 Å². The number of H-pyrrole nitrogens is 1. The van der Waals surface area contributed by atoms with Crippen LogP contribution in [0.5, 0.6) is 5.75 Å². The van der Waals surface area contributed by atoms with Gasteiger partial charge in [-0.2, -0.15) is 0 Å². The third kappa shape index (κ3) is 2.71. The van der Waals surface area contributed by atoms with Gasteiger partial charge in [0.25, 0.3) is 5.56 Å². The van der Waals surface area contributed by atoms with Crippen LogP contribution in [0.1, 0.15) is 18.2 Å². The summed E-state index contributed by atoms with van der Waals surface area (Å²) in [5.74, 6) is 1.32. The number of benzene rings is 1. The van der Waals surface area contributed by atoms with Crippen LogP contribution in [0, 0.1) is 6.92 Å². The van der Waals surface area contributed by atoms with Crippen LogP contribution < -0.4 is 10.3 Å². The summed E-state index contributed by atoms with van der Waals surface area (Å²) in [6.07, 6.45) is 0.681. The average Bonchev–Trinajstić information content (AvgIpc) is 2.38. The molecule has 1 N–H and O–H groups in total. The van der Waals surface area contributed by atoms with Crippen molar-refractivity contribution >= 4 is 15.9 Å². The van der Waals surface area contributed by atoms with E-state index in [-0.39, 0.29) is 5.56 Å². The molecule has 1 aromatic heterocycles. The van der Waals surface area contributed by atoms with Gasteiger partial charge in [0.1, 0.15) is 11.6 Å². The van der Waals surface area contributed by atoms with Crippen molar-refractivity contribution in [3.05, 3.63) is 44.3 Å². The highest BCUT2D eigenvalue weighted by Crippen LogP contribution is 2.28. The minimum atomic E-state index is -0.0723. The average molecular weight is 323 g/mol. The van der Waals surface area contributed by atoms with Crippen molar-refractivity contribution in [2.75, 3.05) is 7.11 Å². The highest BCUT2D eigenvalue weighted by Gasteiger charge is 2.09. The largest absolute Gasteiger partial charge is 0.496 e. The molecule has 0 aliphatic rings. The SMILES string of the molecule is CCc1c(C)nc(-c2ccc(OC)c(Br)c2)[nH]c1=O. The van der Waals surface area contributed by atoms with Crippen molar-refractivity contribution < 1.29 is 4.74 Å². The first kappa shape index (κ1) is 13.8. The molecule has 0 aliphatic carbocycles. The Morgan fingerprint density at radius 1 is 1.42 bits per heavy atom. The number of methoxy groups -OCH3 is 1. The van der Waals surface area contributed by atoms with Gasteiger partial charge in [0, 0.05) is 16.8 Å². The summed E-state index contributed by atoms with van der Waals surface area (Å²) in [5, 5.41) is 0. The van der Waals surface area contributed by atoms with Crippen molar-refractivity contribution in [1.82, 2.24) is 9.97 Å². The fourth-order valence-electron chi connectivity index (χ4n) is 1.98. The van der Waals surface area contributed by atoms with E-state index in [2.05, 4.69) is 25.9 Å². The van der Waals surface area contributed by atoms with Gasteiger partial charge >= 0.3 is 0 Å². The summed E-state index contributed by atoms with van der Waals surface area (Å²) >= 11 is 3.42. The van der Waals surface area contributed by atoms with E-state index in [1.165, 1.54) is 0 Å². The Morgan fingerprint density at radius 2 is 2.16 bits per heavy atom. The highest BCUT2D eigenvalue weighted by molar-refractivity contribution is 9.10. The van der Waals surface area contributed by atoms with Gasteiger partial charge < -0.3 is 9.72 Å². The molecular weight excluding hydrogens is 308 g/mol. The normalized spacial score (nSPS) is 10.5. The standard InChI is InChI=1S/C14H15BrN2O2/c1-4-10-8(2)16-13(17-14(10)18)9-5-6-12(19-3)11(15)7-9/h5-7H,4H2,1-3H3,(H,16,17,18). The molecule has 0 amide bonds. The molecular formula is C14H15BrN2O2. The molecule has 0 saturated heterocycles. The molecule has 0 spiro atoms. The molecule has 0 fully saturated rings. The van der Waals surface area contributed by atoms with Crippen molar-refractivity contribution in [3.63, 3.8) is 0 Å². The van der Waals surface area contributed by atoms with E-state index in [0.29, 0.717) is 12.2 Å². The topological polar surface area (TPSA) is 55.0 Å². The Hall–Kier alpha value is -1.62. The smallest absolute Gasteiger partial charge is 0.254 e. The Balaban J connectivity index is 2.54. The minimum Gasteiger partial charge on any atom is -0.496 e. The number of hydrogen-bond donors (Lipinski definition) is 1. The number of nitrogens with one attached hydrogen (secondary N) is 1. The van der Waals surface area contributed by atoms with Gasteiger partial charge in [-0.05, 0) is 47.5 Å². The summed E-state index contributed by atoms with van der Waals surface area (Å²) in [5.41, 5.74) is 2.27. The third-order valence-corrected chi connectivity index (χ3v) is 3.62. The number of hydrogen-bond acceptors (Lipinski definition) is 3. The van der Waals surface area contributed by atoms with Gasteiger partial charge in [0.2, 0.25) is 0 Å². The van der Waals surface area contributed by atoms with Crippen molar-refractivity contribution in [3.8, 4) is 17.1 Å². The van der Waals surface area contributed by atoms with E-state index < -0.39 is 0 Å². The maximum atomic E-state index is 11.9. The lowest BCUT2D eigenvalue weighted by Crippen LogP contribution is -2.16. The molecule has 100 valence electrons. The molecule has 4 nitrogen and oxygen atoms in total. The fourth-order valence-corrected chi connectivity index (χ4v) is 2.52. The van der Waals surface area contributed by atoms with Gasteiger partial charge in [-0.25, -0.2) is 4.98 Å². The zero-order valence-electron chi connectivity index (χ0n) is 11.1. The quantitative estimate of drug-likeness (QED) is 0.944. The molecule has 0 atom stereocenters. The van der Waals surface area contributed by atoms with E-state index in [0.717, 1.165) is 27.0 Å². The molecule has 5 heteroatoms. The second kappa shape index (κ2) is 5.57. The monoisotopic (exact) mass is 322 g/mol. The summed E-state index contributed by atoms with van der Waals surface area (Å²) in [4.78, 5) is 19.2. The van der Waals surface area contributed by atoms with Gasteiger partial charge in [-0.1, -0.05) is 6.92 Å². The predicted molar refractivity (Wildman–Crippen MR) is 78.7 cm³/mol. The van der Waals surface area contributed by atoms with E-state index in [1.807, 2.05) is 32.0 Å². The number of aromatic nitrogens is 2. The first-order chi connectivity index (χ1) is 9.06. The lowest BCUT2D eigenvalue weighted by molar-refractivity contribution is 0.412. The first-order valence-electron chi connectivity index (χ1n) is 6.00. The van der Waals surface area contributed by atoms with Gasteiger partial charge in [0.05, 0.1) is 11.6 Å². The van der Waals surface area contributed by atoms with Crippen molar-refractivity contribution in [2.45, 2.75) is 20.3 Å². The maximum absolute atomic E-state index is 11.9. The highest BCUT2D eigenvalue weighted by atomic mass is 79.9. The molecule has 2 aromatic rings. The molecule has 2 rings (SSSR count).